The largest absolute Gasteiger partial charge is 0.393 e. The number of amides is 1. The standard InChI is InChI=1S/C11H22N2O4S/c1-11(2)6-9(14)4-5-13(8-11)10(15)7-12-18(3,16)17/h9,12,14H,4-8H2,1-3H3/t9-/m0/s1. The van der Waals surface area contributed by atoms with Crippen LogP contribution in [0.1, 0.15) is 26.7 Å². The summed E-state index contributed by atoms with van der Waals surface area (Å²) in [6, 6.07) is 0. The highest BCUT2D eigenvalue weighted by atomic mass is 32.2. The molecule has 7 heteroatoms. The Morgan fingerprint density at radius 2 is 2.11 bits per heavy atom. The number of hydrogen-bond donors (Lipinski definition) is 2. The number of aliphatic hydroxyl groups is 1. The summed E-state index contributed by atoms with van der Waals surface area (Å²) in [5.74, 6) is -0.248. The van der Waals surface area contributed by atoms with E-state index in [2.05, 4.69) is 4.72 Å². The number of nitrogens with zero attached hydrogens (tertiary/aromatic N) is 1. The molecule has 0 aromatic heterocycles. The van der Waals surface area contributed by atoms with Crippen LogP contribution in [0.3, 0.4) is 0 Å². The molecule has 0 radical (unpaired) electrons. The predicted octanol–water partition coefficient (Wildman–Crippen LogP) is -0.455. The molecule has 0 saturated carbocycles. The van der Waals surface area contributed by atoms with Gasteiger partial charge in [-0.15, -0.1) is 0 Å². The lowest BCUT2D eigenvalue weighted by molar-refractivity contribution is -0.131. The van der Waals surface area contributed by atoms with Crippen LogP contribution in [-0.4, -0.2) is 56.3 Å². The number of hydrogen-bond acceptors (Lipinski definition) is 4. The van der Waals surface area contributed by atoms with Gasteiger partial charge < -0.3 is 10.0 Å². The molecular formula is C11H22N2O4S. The average molecular weight is 278 g/mol. The highest BCUT2D eigenvalue weighted by Crippen LogP contribution is 2.28. The Kier molecular flexibility index (Phi) is 4.74. The molecule has 2 N–H and O–H groups in total. The molecule has 0 aromatic rings. The molecule has 1 atom stereocenters. The molecule has 0 aromatic carbocycles. The highest BCUT2D eigenvalue weighted by Gasteiger charge is 2.31. The second-order valence-corrected chi connectivity index (χ2v) is 7.55. The maximum atomic E-state index is 11.9. The van der Waals surface area contributed by atoms with Crippen molar-refractivity contribution in [3.8, 4) is 0 Å². The second kappa shape index (κ2) is 5.54. The SMILES string of the molecule is CC1(C)C[C@@H](O)CCN(C(=O)CNS(C)(=O)=O)C1. The zero-order valence-corrected chi connectivity index (χ0v) is 12.0. The van der Waals surface area contributed by atoms with Gasteiger partial charge in [-0.25, -0.2) is 13.1 Å². The minimum Gasteiger partial charge on any atom is -0.393 e. The molecule has 6 nitrogen and oxygen atoms in total. The van der Waals surface area contributed by atoms with Gasteiger partial charge in [0, 0.05) is 13.1 Å². The van der Waals surface area contributed by atoms with Crippen LogP contribution in [0.5, 0.6) is 0 Å². The van der Waals surface area contributed by atoms with Gasteiger partial charge in [0.25, 0.3) is 0 Å². The number of carbonyl (C=O) groups excluding carboxylic acids is 1. The Labute approximate surface area is 108 Å². The van der Waals surface area contributed by atoms with Crippen LogP contribution in [0.15, 0.2) is 0 Å². The van der Waals surface area contributed by atoms with Crippen molar-refractivity contribution in [2.24, 2.45) is 5.41 Å². The lowest BCUT2D eigenvalue weighted by Crippen LogP contribution is -2.43. The van der Waals surface area contributed by atoms with Crippen molar-refractivity contribution in [2.45, 2.75) is 32.8 Å². The van der Waals surface area contributed by atoms with E-state index in [1.807, 2.05) is 13.8 Å². The number of rotatable bonds is 3. The van der Waals surface area contributed by atoms with Crippen LogP contribution in [-0.2, 0) is 14.8 Å². The molecule has 106 valence electrons. The van der Waals surface area contributed by atoms with Crippen molar-refractivity contribution >= 4 is 15.9 Å². The van der Waals surface area contributed by atoms with Crippen molar-refractivity contribution in [1.82, 2.24) is 9.62 Å². The van der Waals surface area contributed by atoms with Crippen LogP contribution in [0.4, 0.5) is 0 Å². The maximum absolute atomic E-state index is 11.9. The first kappa shape index (κ1) is 15.4. The monoisotopic (exact) mass is 278 g/mol. The molecule has 1 amide bonds. The van der Waals surface area contributed by atoms with Crippen LogP contribution in [0, 0.1) is 5.41 Å². The van der Waals surface area contributed by atoms with E-state index in [0.717, 1.165) is 6.26 Å². The molecular weight excluding hydrogens is 256 g/mol. The van der Waals surface area contributed by atoms with Crippen LogP contribution < -0.4 is 4.72 Å². The van der Waals surface area contributed by atoms with Crippen molar-refractivity contribution in [1.29, 1.82) is 0 Å². The predicted molar refractivity (Wildman–Crippen MR) is 68.4 cm³/mol. The van der Waals surface area contributed by atoms with Gasteiger partial charge in [0.1, 0.15) is 0 Å². The van der Waals surface area contributed by atoms with E-state index in [4.69, 9.17) is 0 Å². The van der Waals surface area contributed by atoms with Crippen molar-refractivity contribution in [3.05, 3.63) is 0 Å². The second-order valence-electron chi connectivity index (χ2n) is 5.72. The Morgan fingerprint density at radius 3 is 2.67 bits per heavy atom. The van der Waals surface area contributed by atoms with E-state index in [1.54, 1.807) is 4.90 Å². The summed E-state index contributed by atoms with van der Waals surface area (Å²) in [5, 5.41) is 9.73. The normalized spacial score (nSPS) is 24.7. The Morgan fingerprint density at radius 1 is 1.50 bits per heavy atom. The van der Waals surface area contributed by atoms with Crippen molar-refractivity contribution < 1.29 is 18.3 Å². The Bertz CT molecular complexity index is 405. The van der Waals surface area contributed by atoms with E-state index in [-0.39, 0.29) is 17.9 Å². The Hall–Kier alpha value is -0.660. The Balaban J connectivity index is 2.62. The summed E-state index contributed by atoms with van der Waals surface area (Å²) in [7, 11) is -3.35. The van der Waals surface area contributed by atoms with Gasteiger partial charge in [0.15, 0.2) is 0 Å². The van der Waals surface area contributed by atoms with Gasteiger partial charge in [0.05, 0.1) is 18.9 Å². The van der Waals surface area contributed by atoms with Gasteiger partial charge in [-0.05, 0) is 18.3 Å². The zero-order valence-electron chi connectivity index (χ0n) is 11.1. The molecule has 1 fully saturated rings. The molecule has 1 aliphatic rings. The lowest BCUT2D eigenvalue weighted by atomic mass is 9.87. The van der Waals surface area contributed by atoms with Gasteiger partial charge in [-0.3, -0.25) is 4.79 Å². The third kappa shape index (κ3) is 5.32. The van der Waals surface area contributed by atoms with Gasteiger partial charge in [-0.2, -0.15) is 0 Å². The number of nitrogens with one attached hydrogen (secondary N) is 1. The fourth-order valence-electron chi connectivity index (χ4n) is 2.22. The van der Waals surface area contributed by atoms with E-state index < -0.39 is 16.1 Å². The molecule has 0 unspecified atom stereocenters. The fraction of sp³-hybridized carbons (Fsp3) is 0.909. The molecule has 1 aliphatic heterocycles. The number of carbonyl (C=O) groups is 1. The summed E-state index contributed by atoms with van der Waals surface area (Å²) >= 11 is 0. The first-order chi connectivity index (χ1) is 8.09. The summed E-state index contributed by atoms with van der Waals surface area (Å²) in [6.07, 6.45) is 1.81. The van der Waals surface area contributed by atoms with E-state index >= 15 is 0 Å². The fourth-order valence-corrected chi connectivity index (χ4v) is 2.61. The molecule has 0 aliphatic carbocycles. The first-order valence-corrected chi connectivity index (χ1v) is 7.89. The molecule has 0 spiro atoms. The summed E-state index contributed by atoms with van der Waals surface area (Å²) in [4.78, 5) is 13.5. The minimum absolute atomic E-state index is 0.156. The van der Waals surface area contributed by atoms with Crippen LogP contribution in [0.25, 0.3) is 0 Å². The topological polar surface area (TPSA) is 86.7 Å². The van der Waals surface area contributed by atoms with Gasteiger partial charge in [-0.1, -0.05) is 13.8 Å². The minimum atomic E-state index is -3.35. The first-order valence-electron chi connectivity index (χ1n) is 5.99. The van der Waals surface area contributed by atoms with Crippen LogP contribution in [0.2, 0.25) is 0 Å². The summed E-state index contributed by atoms with van der Waals surface area (Å²) < 4.78 is 24.1. The zero-order chi connectivity index (χ0) is 14.0. The lowest BCUT2D eigenvalue weighted by Gasteiger charge is -2.29. The van der Waals surface area contributed by atoms with Crippen LogP contribution >= 0.6 is 0 Å². The molecule has 0 bridgehead atoms. The molecule has 1 heterocycles. The summed E-state index contributed by atoms with van der Waals surface area (Å²) in [6.45, 7) is 4.77. The molecule has 1 rings (SSSR count). The summed E-state index contributed by atoms with van der Waals surface area (Å²) in [5.41, 5.74) is -0.156. The number of likely N-dealkylation sites (tertiary alicyclic amines) is 1. The van der Waals surface area contributed by atoms with Gasteiger partial charge >= 0.3 is 0 Å². The van der Waals surface area contributed by atoms with E-state index in [1.165, 1.54) is 0 Å². The molecule has 1 saturated heterocycles. The van der Waals surface area contributed by atoms with Crippen molar-refractivity contribution in [2.75, 3.05) is 25.9 Å². The molecule has 18 heavy (non-hydrogen) atoms. The third-order valence-electron chi connectivity index (χ3n) is 2.98. The number of sulfonamides is 1. The van der Waals surface area contributed by atoms with E-state index in [9.17, 15) is 18.3 Å². The average Bonchev–Trinajstić information content (AvgIpc) is 2.31. The smallest absolute Gasteiger partial charge is 0.237 e. The highest BCUT2D eigenvalue weighted by molar-refractivity contribution is 7.88. The van der Waals surface area contributed by atoms with E-state index in [0.29, 0.717) is 25.9 Å². The third-order valence-corrected chi connectivity index (χ3v) is 3.65. The maximum Gasteiger partial charge on any atom is 0.237 e. The van der Waals surface area contributed by atoms with Crippen molar-refractivity contribution in [3.63, 3.8) is 0 Å². The number of aliphatic hydroxyl groups excluding tert-OH is 1. The van der Waals surface area contributed by atoms with Gasteiger partial charge in [0.2, 0.25) is 15.9 Å². The quantitative estimate of drug-likeness (QED) is 0.732.